The van der Waals surface area contributed by atoms with Gasteiger partial charge in [0.05, 0.1) is 19.3 Å². The van der Waals surface area contributed by atoms with Crippen molar-refractivity contribution in [1.29, 1.82) is 0 Å². The Hall–Kier alpha value is -1.16. The van der Waals surface area contributed by atoms with Crippen LogP contribution in [0.1, 0.15) is 5.56 Å². The fourth-order valence-electron chi connectivity index (χ4n) is 1.09. The number of aromatic nitrogens is 2. The molecule has 0 spiro atoms. The number of rotatable bonds is 2. The van der Waals surface area contributed by atoms with E-state index in [9.17, 15) is 4.79 Å². The highest BCUT2D eigenvalue weighted by Crippen LogP contribution is 2.10. The van der Waals surface area contributed by atoms with Crippen molar-refractivity contribution in [3.63, 3.8) is 0 Å². The van der Waals surface area contributed by atoms with Crippen molar-refractivity contribution >= 4 is 0 Å². The molecule has 1 aliphatic heterocycles. The lowest BCUT2D eigenvalue weighted by Gasteiger charge is -2.01. The minimum absolute atomic E-state index is 0.198. The Kier molecular flexibility index (Phi) is 1.69. The van der Waals surface area contributed by atoms with Gasteiger partial charge < -0.3 is 4.74 Å². The third-order valence-corrected chi connectivity index (χ3v) is 1.79. The van der Waals surface area contributed by atoms with E-state index in [-0.39, 0.29) is 11.8 Å². The Labute approximate surface area is 69.8 Å². The quantitative estimate of drug-likeness (QED) is 0.579. The zero-order valence-electron chi connectivity index (χ0n) is 6.86. The number of aryl methyl sites for hydroxylation is 1. The molecule has 1 aliphatic rings. The SMILES string of the molecule is Cc1cnc(=O)n(C[C@H]2CO2)c1. The summed E-state index contributed by atoms with van der Waals surface area (Å²) in [6.45, 7) is 3.31. The van der Waals surface area contributed by atoms with E-state index < -0.39 is 0 Å². The van der Waals surface area contributed by atoms with Gasteiger partial charge in [-0.05, 0) is 12.5 Å². The van der Waals surface area contributed by atoms with Crippen LogP contribution in [-0.2, 0) is 11.3 Å². The Morgan fingerprint density at radius 3 is 3.25 bits per heavy atom. The number of hydrogen-bond acceptors (Lipinski definition) is 3. The van der Waals surface area contributed by atoms with Crippen LogP contribution in [0.15, 0.2) is 17.2 Å². The van der Waals surface area contributed by atoms with Crippen molar-refractivity contribution < 1.29 is 4.74 Å². The van der Waals surface area contributed by atoms with Crippen LogP contribution in [0.25, 0.3) is 0 Å². The van der Waals surface area contributed by atoms with Gasteiger partial charge in [-0.25, -0.2) is 9.78 Å². The van der Waals surface area contributed by atoms with Crippen LogP contribution in [0.3, 0.4) is 0 Å². The van der Waals surface area contributed by atoms with E-state index in [4.69, 9.17) is 4.74 Å². The second-order valence-electron chi connectivity index (χ2n) is 3.02. The third kappa shape index (κ3) is 1.53. The standard InChI is InChI=1S/C8H10N2O2/c1-6-2-9-8(11)10(3-6)4-7-5-12-7/h2-3,7H,4-5H2,1H3/t7-/m0/s1. The van der Waals surface area contributed by atoms with Gasteiger partial charge in [0.25, 0.3) is 0 Å². The molecule has 4 nitrogen and oxygen atoms in total. The van der Waals surface area contributed by atoms with Gasteiger partial charge in [-0.3, -0.25) is 4.57 Å². The summed E-state index contributed by atoms with van der Waals surface area (Å²) in [5, 5.41) is 0. The van der Waals surface area contributed by atoms with Gasteiger partial charge in [-0.15, -0.1) is 0 Å². The number of nitrogens with zero attached hydrogens (tertiary/aromatic N) is 2. The first-order valence-corrected chi connectivity index (χ1v) is 3.90. The smallest absolute Gasteiger partial charge is 0.347 e. The van der Waals surface area contributed by atoms with Crippen LogP contribution in [0.4, 0.5) is 0 Å². The molecule has 1 fully saturated rings. The molecule has 1 saturated heterocycles. The molecule has 2 heterocycles. The Balaban J connectivity index is 2.27. The normalized spacial score (nSPS) is 20.9. The van der Waals surface area contributed by atoms with E-state index in [2.05, 4.69) is 4.98 Å². The molecular formula is C8H10N2O2. The highest BCUT2D eigenvalue weighted by atomic mass is 16.6. The molecule has 0 N–H and O–H groups in total. The number of epoxide rings is 1. The second-order valence-corrected chi connectivity index (χ2v) is 3.02. The van der Waals surface area contributed by atoms with E-state index in [1.165, 1.54) is 0 Å². The summed E-state index contributed by atoms with van der Waals surface area (Å²) >= 11 is 0. The fraction of sp³-hybridized carbons (Fsp3) is 0.500. The largest absolute Gasteiger partial charge is 0.371 e. The molecule has 0 aliphatic carbocycles. The first kappa shape index (κ1) is 7.49. The van der Waals surface area contributed by atoms with Gasteiger partial charge >= 0.3 is 5.69 Å². The van der Waals surface area contributed by atoms with Crippen molar-refractivity contribution in [1.82, 2.24) is 9.55 Å². The van der Waals surface area contributed by atoms with Gasteiger partial charge in [0.1, 0.15) is 0 Å². The van der Waals surface area contributed by atoms with E-state index in [0.29, 0.717) is 6.54 Å². The topological polar surface area (TPSA) is 47.4 Å². The maximum atomic E-state index is 11.1. The Morgan fingerprint density at radius 2 is 2.58 bits per heavy atom. The molecule has 0 radical (unpaired) electrons. The van der Waals surface area contributed by atoms with E-state index in [1.54, 1.807) is 17.0 Å². The van der Waals surface area contributed by atoms with Crippen molar-refractivity contribution in [2.45, 2.75) is 19.6 Å². The van der Waals surface area contributed by atoms with E-state index in [1.807, 2.05) is 6.92 Å². The predicted octanol–water partition coefficient (Wildman–Crippen LogP) is -0.0495. The summed E-state index contributed by atoms with van der Waals surface area (Å²) in [4.78, 5) is 14.8. The van der Waals surface area contributed by atoms with Crippen LogP contribution in [0.2, 0.25) is 0 Å². The first-order chi connectivity index (χ1) is 5.75. The lowest BCUT2D eigenvalue weighted by molar-refractivity contribution is 0.378. The molecule has 0 bridgehead atoms. The lowest BCUT2D eigenvalue weighted by Crippen LogP contribution is -2.24. The Bertz CT molecular complexity index is 341. The molecule has 64 valence electrons. The molecule has 12 heavy (non-hydrogen) atoms. The van der Waals surface area contributed by atoms with Crippen LogP contribution in [0, 0.1) is 6.92 Å². The number of ether oxygens (including phenoxy) is 1. The van der Waals surface area contributed by atoms with Gasteiger partial charge in [0.2, 0.25) is 0 Å². The average Bonchev–Trinajstić information content (AvgIpc) is 2.81. The zero-order valence-corrected chi connectivity index (χ0v) is 6.86. The molecule has 4 heteroatoms. The fourth-order valence-corrected chi connectivity index (χ4v) is 1.09. The molecule has 0 unspecified atom stereocenters. The zero-order chi connectivity index (χ0) is 8.55. The highest BCUT2D eigenvalue weighted by Gasteiger charge is 2.23. The minimum Gasteiger partial charge on any atom is -0.371 e. The van der Waals surface area contributed by atoms with E-state index in [0.717, 1.165) is 12.2 Å². The average molecular weight is 166 g/mol. The van der Waals surface area contributed by atoms with Gasteiger partial charge in [0, 0.05) is 12.4 Å². The molecule has 2 rings (SSSR count). The summed E-state index contributed by atoms with van der Waals surface area (Å²) in [6, 6.07) is 0. The molecule has 0 amide bonds. The van der Waals surface area contributed by atoms with Gasteiger partial charge in [0.15, 0.2) is 0 Å². The summed E-state index contributed by atoms with van der Waals surface area (Å²) in [5.74, 6) is 0. The van der Waals surface area contributed by atoms with Crippen LogP contribution in [-0.4, -0.2) is 22.3 Å². The van der Waals surface area contributed by atoms with Crippen molar-refractivity contribution in [3.05, 3.63) is 28.4 Å². The maximum Gasteiger partial charge on any atom is 0.347 e. The summed E-state index contributed by atoms with van der Waals surface area (Å²) in [5.41, 5.74) is 0.798. The molecule has 1 aromatic heterocycles. The minimum atomic E-state index is -0.198. The number of hydrogen-bond donors (Lipinski definition) is 0. The summed E-state index contributed by atoms with van der Waals surface area (Å²) in [6.07, 6.45) is 3.61. The molecule has 1 aromatic rings. The molecular weight excluding hydrogens is 156 g/mol. The van der Waals surface area contributed by atoms with Crippen LogP contribution >= 0.6 is 0 Å². The van der Waals surface area contributed by atoms with Crippen LogP contribution < -0.4 is 5.69 Å². The monoisotopic (exact) mass is 166 g/mol. The molecule has 0 saturated carbocycles. The lowest BCUT2D eigenvalue weighted by atomic mass is 10.4. The van der Waals surface area contributed by atoms with Crippen molar-refractivity contribution in [2.24, 2.45) is 0 Å². The maximum absolute atomic E-state index is 11.1. The third-order valence-electron chi connectivity index (χ3n) is 1.79. The highest BCUT2D eigenvalue weighted by molar-refractivity contribution is 5.00. The first-order valence-electron chi connectivity index (χ1n) is 3.90. The second kappa shape index (κ2) is 2.71. The van der Waals surface area contributed by atoms with E-state index >= 15 is 0 Å². The summed E-state index contributed by atoms with van der Waals surface area (Å²) in [7, 11) is 0. The van der Waals surface area contributed by atoms with Gasteiger partial charge in [-0.2, -0.15) is 0 Å². The predicted molar refractivity (Wildman–Crippen MR) is 43.0 cm³/mol. The van der Waals surface area contributed by atoms with Crippen LogP contribution in [0.5, 0.6) is 0 Å². The van der Waals surface area contributed by atoms with Gasteiger partial charge in [-0.1, -0.05) is 0 Å². The van der Waals surface area contributed by atoms with Crippen molar-refractivity contribution in [2.75, 3.05) is 6.61 Å². The molecule has 0 aromatic carbocycles. The van der Waals surface area contributed by atoms with Crippen molar-refractivity contribution in [3.8, 4) is 0 Å². The summed E-state index contributed by atoms with van der Waals surface area (Å²) < 4.78 is 6.61. The Morgan fingerprint density at radius 1 is 1.83 bits per heavy atom. The molecule has 1 atom stereocenters.